The van der Waals surface area contributed by atoms with E-state index in [0.717, 1.165) is 11.3 Å². The quantitative estimate of drug-likeness (QED) is 0.595. The highest BCUT2D eigenvalue weighted by Gasteiger charge is 2.32. The Morgan fingerprint density at radius 3 is 2.81 bits per heavy atom. The normalized spacial score (nSPS) is 17.6. The summed E-state index contributed by atoms with van der Waals surface area (Å²) in [4.78, 5) is 24.0. The Labute approximate surface area is 159 Å². The van der Waals surface area contributed by atoms with Crippen LogP contribution in [-0.2, 0) is 4.79 Å². The van der Waals surface area contributed by atoms with Gasteiger partial charge in [-0.25, -0.2) is 4.98 Å². The summed E-state index contributed by atoms with van der Waals surface area (Å²) >= 11 is 2.81. The number of amidine groups is 1. The highest BCUT2D eigenvalue weighted by molar-refractivity contribution is 8.18. The van der Waals surface area contributed by atoms with E-state index in [4.69, 9.17) is 4.42 Å². The molecule has 1 aromatic carbocycles. The summed E-state index contributed by atoms with van der Waals surface area (Å²) in [6.45, 7) is 2.48. The zero-order valence-corrected chi connectivity index (χ0v) is 15.6. The summed E-state index contributed by atoms with van der Waals surface area (Å²) in [6.07, 6.45) is 3.33. The van der Waals surface area contributed by atoms with Gasteiger partial charge in [-0.3, -0.25) is 9.69 Å². The molecule has 2 aromatic heterocycles. The molecule has 130 valence electrons. The van der Waals surface area contributed by atoms with Gasteiger partial charge >= 0.3 is 0 Å². The van der Waals surface area contributed by atoms with E-state index in [1.807, 2.05) is 48.7 Å². The number of carbonyl (C=O) groups is 1. The molecule has 3 aromatic rings. The molecule has 0 spiro atoms. The lowest BCUT2D eigenvalue weighted by Crippen LogP contribution is -2.28. The van der Waals surface area contributed by atoms with Gasteiger partial charge in [0.1, 0.15) is 5.76 Å². The van der Waals surface area contributed by atoms with Gasteiger partial charge in [0.15, 0.2) is 5.17 Å². The zero-order chi connectivity index (χ0) is 17.9. The highest BCUT2D eigenvalue weighted by Crippen LogP contribution is 2.35. The van der Waals surface area contributed by atoms with Crippen LogP contribution >= 0.6 is 23.1 Å². The van der Waals surface area contributed by atoms with Crippen molar-refractivity contribution in [2.75, 3.05) is 6.54 Å². The number of carbonyl (C=O) groups excluding carboxylic acids is 1. The number of nitrogens with zero attached hydrogens (tertiary/aromatic N) is 3. The largest absolute Gasteiger partial charge is 0.465 e. The van der Waals surface area contributed by atoms with Crippen molar-refractivity contribution in [1.29, 1.82) is 0 Å². The second-order valence-corrected chi connectivity index (χ2v) is 7.30. The average molecular weight is 381 g/mol. The van der Waals surface area contributed by atoms with Gasteiger partial charge in [0.05, 0.1) is 16.9 Å². The summed E-state index contributed by atoms with van der Waals surface area (Å²) in [7, 11) is 0. The molecule has 1 amide bonds. The van der Waals surface area contributed by atoms with Gasteiger partial charge in [-0.15, -0.1) is 11.3 Å². The first-order valence-corrected chi connectivity index (χ1v) is 9.79. The molecule has 0 bridgehead atoms. The number of benzene rings is 1. The molecule has 1 aliphatic rings. The lowest BCUT2D eigenvalue weighted by Gasteiger charge is -2.11. The lowest BCUT2D eigenvalue weighted by molar-refractivity contribution is -0.122. The molecule has 1 fully saturated rings. The van der Waals surface area contributed by atoms with E-state index >= 15 is 0 Å². The fourth-order valence-corrected chi connectivity index (χ4v) is 4.29. The molecule has 1 saturated heterocycles. The number of furan rings is 1. The monoisotopic (exact) mass is 381 g/mol. The number of amides is 1. The molecule has 7 heteroatoms. The molecule has 5 nitrogen and oxygen atoms in total. The Bertz CT molecular complexity index is 975. The molecule has 0 atom stereocenters. The first-order chi connectivity index (χ1) is 12.7. The summed E-state index contributed by atoms with van der Waals surface area (Å²) in [5.41, 5.74) is 1.94. The van der Waals surface area contributed by atoms with Crippen LogP contribution in [0.15, 0.2) is 68.4 Å². The summed E-state index contributed by atoms with van der Waals surface area (Å²) in [6, 6.07) is 13.6. The molecule has 0 aliphatic carbocycles. The van der Waals surface area contributed by atoms with Crippen molar-refractivity contribution in [2.24, 2.45) is 4.99 Å². The van der Waals surface area contributed by atoms with Crippen molar-refractivity contribution in [2.45, 2.75) is 6.92 Å². The van der Waals surface area contributed by atoms with Gasteiger partial charge in [-0.1, -0.05) is 30.3 Å². The number of hydrogen-bond acceptors (Lipinski definition) is 6. The third-order valence-electron chi connectivity index (χ3n) is 3.77. The number of aromatic nitrogens is 1. The van der Waals surface area contributed by atoms with Gasteiger partial charge < -0.3 is 4.42 Å². The van der Waals surface area contributed by atoms with Gasteiger partial charge in [-0.2, -0.15) is 4.99 Å². The number of likely N-dealkylation sites (N-methyl/N-ethyl adjacent to an activating group) is 1. The van der Waals surface area contributed by atoms with E-state index in [1.54, 1.807) is 23.3 Å². The van der Waals surface area contributed by atoms with E-state index in [2.05, 4.69) is 9.98 Å². The highest BCUT2D eigenvalue weighted by atomic mass is 32.2. The van der Waals surface area contributed by atoms with Crippen LogP contribution < -0.4 is 0 Å². The van der Waals surface area contributed by atoms with E-state index in [-0.39, 0.29) is 5.91 Å². The van der Waals surface area contributed by atoms with Crippen LogP contribution in [0.3, 0.4) is 0 Å². The SMILES string of the molecule is CCN1C(=O)/C(=C\c2ccco2)S/C1=N/c1nc(-c2ccccc2)cs1. The number of thiazole rings is 1. The minimum absolute atomic E-state index is 0.0625. The van der Waals surface area contributed by atoms with Crippen LogP contribution in [0.2, 0.25) is 0 Å². The van der Waals surface area contributed by atoms with Crippen molar-refractivity contribution in [3.63, 3.8) is 0 Å². The summed E-state index contributed by atoms with van der Waals surface area (Å²) < 4.78 is 5.31. The molecule has 0 saturated carbocycles. The van der Waals surface area contributed by atoms with Crippen LogP contribution in [0, 0.1) is 0 Å². The molecule has 4 rings (SSSR count). The first-order valence-electron chi connectivity index (χ1n) is 8.09. The van der Waals surface area contributed by atoms with Crippen LogP contribution in [0.25, 0.3) is 17.3 Å². The number of hydrogen-bond donors (Lipinski definition) is 0. The van der Waals surface area contributed by atoms with Crippen molar-refractivity contribution in [1.82, 2.24) is 9.88 Å². The van der Waals surface area contributed by atoms with E-state index in [1.165, 1.54) is 23.1 Å². The molecule has 0 unspecified atom stereocenters. The number of aliphatic imine (C=N–C) groups is 1. The summed E-state index contributed by atoms with van der Waals surface area (Å²) in [5.74, 6) is 0.589. The number of rotatable bonds is 4. The third-order valence-corrected chi connectivity index (χ3v) is 5.51. The lowest BCUT2D eigenvalue weighted by atomic mass is 10.2. The van der Waals surface area contributed by atoms with Crippen molar-refractivity contribution in [3.05, 3.63) is 64.8 Å². The van der Waals surface area contributed by atoms with Crippen molar-refractivity contribution >= 4 is 45.4 Å². The molecular formula is C19H15N3O2S2. The minimum Gasteiger partial charge on any atom is -0.465 e. The molecule has 1 aliphatic heterocycles. The average Bonchev–Trinajstić information content (AvgIpc) is 3.39. The van der Waals surface area contributed by atoms with E-state index < -0.39 is 0 Å². The fourth-order valence-electron chi connectivity index (χ4n) is 2.51. The standard InChI is InChI=1S/C19H15N3O2S2/c1-2-22-17(23)16(11-14-9-6-10-24-14)26-19(22)21-18-20-15(12-25-18)13-7-4-3-5-8-13/h3-12H,2H2,1H3/b16-11+,21-19+. The van der Waals surface area contributed by atoms with Gasteiger partial charge in [-0.05, 0) is 30.8 Å². The molecule has 26 heavy (non-hydrogen) atoms. The van der Waals surface area contributed by atoms with Crippen molar-refractivity contribution < 1.29 is 9.21 Å². The Hall–Kier alpha value is -2.64. The third kappa shape index (κ3) is 3.36. The Balaban J connectivity index is 1.62. The van der Waals surface area contributed by atoms with Gasteiger partial charge in [0.2, 0.25) is 5.13 Å². The second-order valence-electron chi connectivity index (χ2n) is 5.45. The molecule has 3 heterocycles. The maximum absolute atomic E-state index is 12.6. The fraction of sp³-hybridized carbons (Fsp3) is 0.105. The van der Waals surface area contributed by atoms with Crippen LogP contribution in [0.5, 0.6) is 0 Å². The van der Waals surface area contributed by atoms with E-state index in [9.17, 15) is 4.79 Å². The first kappa shape index (κ1) is 16.8. The molecule has 0 radical (unpaired) electrons. The molecule has 0 N–H and O–H groups in total. The van der Waals surface area contributed by atoms with Crippen LogP contribution in [0.4, 0.5) is 5.13 Å². The zero-order valence-electron chi connectivity index (χ0n) is 14.0. The topological polar surface area (TPSA) is 58.7 Å². The summed E-state index contributed by atoms with van der Waals surface area (Å²) in [5, 5.41) is 3.26. The predicted octanol–water partition coefficient (Wildman–Crippen LogP) is 5.03. The van der Waals surface area contributed by atoms with E-state index in [0.29, 0.717) is 27.5 Å². The van der Waals surface area contributed by atoms with Crippen molar-refractivity contribution in [3.8, 4) is 11.3 Å². The van der Waals surface area contributed by atoms with Gasteiger partial charge in [0, 0.05) is 23.6 Å². The minimum atomic E-state index is -0.0625. The maximum atomic E-state index is 12.6. The van der Waals surface area contributed by atoms with Crippen LogP contribution in [-0.4, -0.2) is 27.5 Å². The Morgan fingerprint density at radius 2 is 2.08 bits per heavy atom. The Morgan fingerprint density at radius 1 is 1.23 bits per heavy atom. The predicted molar refractivity (Wildman–Crippen MR) is 106 cm³/mol. The van der Waals surface area contributed by atoms with Crippen LogP contribution in [0.1, 0.15) is 12.7 Å². The molecular weight excluding hydrogens is 366 g/mol. The Kier molecular flexibility index (Phi) is 4.73. The smallest absolute Gasteiger partial charge is 0.266 e. The van der Waals surface area contributed by atoms with Gasteiger partial charge in [0.25, 0.3) is 5.91 Å². The maximum Gasteiger partial charge on any atom is 0.266 e. The second kappa shape index (κ2) is 7.31. The number of thioether (sulfide) groups is 1.